The molecule has 56 heavy (non-hydrogen) atoms. The molecule has 9 aromatic rings. The number of hydrogen-bond acceptors (Lipinski definition) is 6. The van der Waals surface area contributed by atoms with Crippen molar-refractivity contribution in [1.29, 1.82) is 0 Å². The minimum Gasteiger partial charge on any atom is -0.457 e. The molecule has 262 valence electrons. The maximum Gasteiger partial charge on any atom is 0.164 e. The highest BCUT2D eigenvalue weighted by Gasteiger charge is 2.52. The summed E-state index contributed by atoms with van der Waals surface area (Å²) < 4.78 is 6.69. The fourth-order valence-electron chi connectivity index (χ4n) is 8.49. The molecule has 1 aliphatic carbocycles. The van der Waals surface area contributed by atoms with Gasteiger partial charge in [-0.25, -0.2) is 15.0 Å². The van der Waals surface area contributed by atoms with Crippen molar-refractivity contribution in [2.45, 2.75) is 5.41 Å². The Bertz CT molecular complexity index is 2830. The van der Waals surface area contributed by atoms with Gasteiger partial charge in [0, 0.05) is 38.9 Å². The third-order valence-electron chi connectivity index (χ3n) is 10.9. The molecule has 0 unspecified atom stereocenters. The molecule has 6 nitrogen and oxygen atoms in total. The quantitative estimate of drug-likeness (QED) is 0.176. The molecule has 1 aliphatic heterocycles. The van der Waals surface area contributed by atoms with E-state index in [-0.39, 0.29) is 0 Å². The molecular formula is C50H31N5O. The van der Waals surface area contributed by atoms with Crippen LogP contribution in [0.25, 0.3) is 67.8 Å². The SMILES string of the molecule is c1ccc(-c2ccc(-c3cccc4c3C3(c5ccccc5Oc5ccccc53)c3cc(-c5nc(-c6ccccc6)nc(-c6ccccc6)n5)ccc3-4)nn2)cc1. The standard InChI is InChI=1S/C50H31N5O/c1-4-15-32(16-5-1)42-29-30-43(55-54-42)38-22-14-21-37-36-28-27-35(49-52-47(33-17-6-2-7-18-33)51-48(53-49)34-19-8-3-9-20-34)31-41(36)50(46(37)38)39-23-10-12-25-44(39)56-45-26-13-11-24-40(45)50/h1-31H. The lowest BCUT2D eigenvalue weighted by Gasteiger charge is -2.40. The number of hydrogen-bond donors (Lipinski definition) is 0. The van der Waals surface area contributed by atoms with Crippen LogP contribution in [-0.4, -0.2) is 25.1 Å². The van der Waals surface area contributed by atoms with Crippen LogP contribution in [0.4, 0.5) is 0 Å². The molecule has 0 N–H and O–H groups in total. The fourth-order valence-corrected chi connectivity index (χ4v) is 8.49. The first-order valence-electron chi connectivity index (χ1n) is 18.7. The van der Waals surface area contributed by atoms with E-state index in [4.69, 9.17) is 29.9 Å². The van der Waals surface area contributed by atoms with Crippen LogP contribution in [0.15, 0.2) is 188 Å². The molecule has 3 heterocycles. The molecule has 0 saturated carbocycles. The molecule has 7 aromatic carbocycles. The molecule has 0 atom stereocenters. The molecular weight excluding hydrogens is 687 g/mol. The molecule has 0 saturated heterocycles. The average Bonchev–Trinajstić information content (AvgIpc) is 3.57. The molecule has 0 radical (unpaired) electrons. The van der Waals surface area contributed by atoms with E-state index in [1.54, 1.807) is 0 Å². The Kier molecular flexibility index (Phi) is 7.29. The van der Waals surface area contributed by atoms with Crippen molar-refractivity contribution in [2.24, 2.45) is 0 Å². The zero-order chi connectivity index (χ0) is 37.1. The Balaban J connectivity index is 1.18. The smallest absolute Gasteiger partial charge is 0.164 e. The van der Waals surface area contributed by atoms with Gasteiger partial charge in [0.25, 0.3) is 0 Å². The molecule has 0 bridgehead atoms. The Morgan fingerprint density at radius 2 is 0.839 bits per heavy atom. The van der Waals surface area contributed by atoms with Gasteiger partial charge in [-0.15, -0.1) is 10.2 Å². The van der Waals surface area contributed by atoms with Crippen LogP contribution in [0, 0.1) is 0 Å². The Morgan fingerprint density at radius 1 is 0.339 bits per heavy atom. The zero-order valence-corrected chi connectivity index (χ0v) is 30.0. The minimum absolute atomic E-state index is 0.600. The molecule has 0 amide bonds. The van der Waals surface area contributed by atoms with Crippen molar-refractivity contribution >= 4 is 0 Å². The van der Waals surface area contributed by atoms with E-state index < -0.39 is 5.41 Å². The second kappa shape index (κ2) is 12.8. The lowest BCUT2D eigenvalue weighted by Crippen LogP contribution is -2.32. The van der Waals surface area contributed by atoms with Crippen molar-refractivity contribution < 1.29 is 4.74 Å². The molecule has 1 spiro atoms. The van der Waals surface area contributed by atoms with E-state index in [9.17, 15) is 0 Å². The first-order chi connectivity index (χ1) is 27.8. The summed E-state index contributed by atoms with van der Waals surface area (Å²) in [4.78, 5) is 15.2. The van der Waals surface area contributed by atoms with Gasteiger partial charge < -0.3 is 4.74 Å². The number of fused-ring (bicyclic) bond motifs is 9. The summed E-state index contributed by atoms with van der Waals surface area (Å²) in [6, 6.07) is 64.4. The van der Waals surface area contributed by atoms with E-state index in [1.807, 2.05) is 91.0 Å². The average molecular weight is 718 g/mol. The molecule has 0 fully saturated rings. The first kappa shape index (κ1) is 31.9. The van der Waals surface area contributed by atoms with E-state index in [2.05, 4.69) is 97.1 Å². The lowest BCUT2D eigenvalue weighted by molar-refractivity contribution is 0.436. The fraction of sp³-hybridized carbons (Fsp3) is 0.0200. The second-order valence-corrected chi connectivity index (χ2v) is 14.0. The van der Waals surface area contributed by atoms with Crippen LogP contribution in [0.1, 0.15) is 22.3 Å². The van der Waals surface area contributed by atoms with Crippen molar-refractivity contribution in [3.8, 4) is 79.3 Å². The normalized spacial score (nSPS) is 12.9. The predicted molar refractivity (Wildman–Crippen MR) is 220 cm³/mol. The van der Waals surface area contributed by atoms with Gasteiger partial charge >= 0.3 is 0 Å². The van der Waals surface area contributed by atoms with Crippen LogP contribution in [-0.2, 0) is 5.41 Å². The number of ether oxygens (including phenoxy) is 1. The van der Waals surface area contributed by atoms with Gasteiger partial charge in [0.05, 0.1) is 16.8 Å². The Labute approximate surface area is 323 Å². The number of para-hydroxylation sites is 2. The zero-order valence-electron chi connectivity index (χ0n) is 30.0. The van der Waals surface area contributed by atoms with E-state index >= 15 is 0 Å². The summed E-state index contributed by atoms with van der Waals surface area (Å²) in [7, 11) is 0. The van der Waals surface area contributed by atoms with Crippen LogP contribution in [0.3, 0.4) is 0 Å². The highest BCUT2D eigenvalue weighted by Crippen LogP contribution is 2.64. The summed E-state index contributed by atoms with van der Waals surface area (Å²) in [5, 5.41) is 9.63. The van der Waals surface area contributed by atoms with Gasteiger partial charge in [-0.2, -0.15) is 0 Å². The maximum atomic E-state index is 6.69. The molecule has 11 rings (SSSR count). The van der Waals surface area contributed by atoms with Gasteiger partial charge in [-0.05, 0) is 52.6 Å². The maximum absolute atomic E-state index is 6.69. The van der Waals surface area contributed by atoms with Gasteiger partial charge in [-0.3, -0.25) is 0 Å². The third-order valence-corrected chi connectivity index (χ3v) is 10.9. The largest absolute Gasteiger partial charge is 0.457 e. The van der Waals surface area contributed by atoms with Crippen molar-refractivity contribution in [3.05, 3.63) is 210 Å². The predicted octanol–water partition coefficient (Wildman–Crippen LogP) is 11.5. The first-order valence-corrected chi connectivity index (χ1v) is 18.7. The highest BCUT2D eigenvalue weighted by molar-refractivity contribution is 5.94. The number of benzene rings is 7. The van der Waals surface area contributed by atoms with Crippen LogP contribution in [0.5, 0.6) is 11.5 Å². The third kappa shape index (κ3) is 4.93. The molecule has 2 aliphatic rings. The summed E-state index contributed by atoms with van der Waals surface area (Å²) in [5.74, 6) is 3.47. The molecule has 2 aromatic heterocycles. The van der Waals surface area contributed by atoms with Crippen molar-refractivity contribution in [3.63, 3.8) is 0 Å². The Hall–Kier alpha value is -7.57. The minimum atomic E-state index is -0.764. The van der Waals surface area contributed by atoms with Crippen LogP contribution in [0.2, 0.25) is 0 Å². The summed E-state index contributed by atoms with van der Waals surface area (Å²) in [5.41, 5.74) is 12.3. The number of rotatable bonds is 5. The Morgan fingerprint density at radius 3 is 1.43 bits per heavy atom. The number of nitrogens with zero attached hydrogens (tertiary/aromatic N) is 5. The lowest BCUT2D eigenvalue weighted by atomic mass is 9.64. The van der Waals surface area contributed by atoms with Gasteiger partial charge in [-0.1, -0.05) is 158 Å². The summed E-state index contributed by atoms with van der Waals surface area (Å²) in [6.45, 7) is 0. The summed E-state index contributed by atoms with van der Waals surface area (Å²) >= 11 is 0. The highest BCUT2D eigenvalue weighted by atomic mass is 16.5. The van der Waals surface area contributed by atoms with Crippen molar-refractivity contribution in [2.75, 3.05) is 0 Å². The van der Waals surface area contributed by atoms with Crippen LogP contribution >= 0.6 is 0 Å². The monoisotopic (exact) mass is 717 g/mol. The second-order valence-electron chi connectivity index (χ2n) is 14.0. The van der Waals surface area contributed by atoms with Gasteiger partial charge in [0.2, 0.25) is 0 Å². The van der Waals surface area contributed by atoms with E-state index in [0.717, 1.165) is 84.1 Å². The van der Waals surface area contributed by atoms with Crippen molar-refractivity contribution in [1.82, 2.24) is 25.1 Å². The topological polar surface area (TPSA) is 73.7 Å². The van der Waals surface area contributed by atoms with E-state index in [1.165, 1.54) is 0 Å². The molecule has 6 heteroatoms. The van der Waals surface area contributed by atoms with E-state index in [0.29, 0.717) is 17.5 Å². The van der Waals surface area contributed by atoms with Gasteiger partial charge in [0.1, 0.15) is 11.5 Å². The van der Waals surface area contributed by atoms with Crippen LogP contribution < -0.4 is 4.74 Å². The van der Waals surface area contributed by atoms with Gasteiger partial charge in [0.15, 0.2) is 17.5 Å². The summed E-state index contributed by atoms with van der Waals surface area (Å²) in [6.07, 6.45) is 0. The number of aromatic nitrogens is 5.